The summed E-state index contributed by atoms with van der Waals surface area (Å²) in [7, 11) is 2.00. The molecule has 1 unspecified atom stereocenters. The van der Waals surface area contributed by atoms with E-state index in [1.54, 1.807) is 0 Å². The van der Waals surface area contributed by atoms with Crippen LogP contribution in [-0.2, 0) is 9.53 Å². The van der Waals surface area contributed by atoms with Gasteiger partial charge < -0.3 is 10.1 Å². The van der Waals surface area contributed by atoms with E-state index < -0.39 is 0 Å². The van der Waals surface area contributed by atoms with E-state index in [4.69, 9.17) is 4.74 Å². The van der Waals surface area contributed by atoms with Crippen LogP contribution in [0, 0.1) is 5.92 Å². The summed E-state index contributed by atoms with van der Waals surface area (Å²) < 4.78 is 5.15. The lowest BCUT2D eigenvalue weighted by Crippen LogP contribution is -2.46. The molecule has 1 saturated heterocycles. The third-order valence-corrected chi connectivity index (χ3v) is 3.84. The van der Waals surface area contributed by atoms with Crippen LogP contribution in [0.15, 0.2) is 0 Å². The Bertz CT molecular complexity index is 244. The van der Waals surface area contributed by atoms with Crippen molar-refractivity contribution in [1.29, 1.82) is 0 Å². The summed E-state index contributed by atoms with van der Waals surface area (Å²) in [6.07, 6.45) is 4.51. The molecule has 1 heterocycles. The Labute approximate surface area is 123 Å². The smallest absolute Gasteiger partial charge is 0.323 e. The monoisotopic (exact) mass is 292 g/mol. The van der Waals surface area contributed by atoms with Gasteiger partial charge in [0.05, 0.1) is 6.61 Å². The minimum atomic E-state index is -0.0475. The van der Waals surface area contributed by atoms with E-state index >= 15 is 0 Å². The summed E-state index contributed by atoms with van der Waals surface area (Å²) in [5.74, 6) is 0.766. The minimum absolute atomic E-state index is 0. The number of carbonyl (C=O) groups excluding carboxylic acids is 1. The Kier molecular flexibility index (Phi) is 10.3. The number of piperidine rings is 1. The number of rotatable bonds is 7. The Morgan fingerprint density at radius 2 is 2.00 bits per heavy atom. The number of hydrogen-bond donors (Lipinski definition) is 1. The molecule has 0 amide bonds. The predicted molar refractivity (Wildman–Crippen MR) is 80.8 cm³/mol. The molecular weight excluding hydrogens is 264 g/mol. The van der Waals surface area contributed by atoms with Gasteiger partial charge in [-0.25, -0.2) is 0 Å². The highest BCUT2D eigenvalue weighted by Crippen LogP contribution is 2.22. The molecule has 5 heteroatoms. The number of hydrogen-bond acceptors (Lipinski definition) is 4. The summed E-state index contributed by atoms with van der Waals surface area (Å²) in [5.41, 5.74) is 0. The first-order valence-corrected chi connectivity index (χ1v) is 7.28. The Hall–Kier alpha value is -0.320. The normalized spacial score (nSPS) is 18.7. The van der Waals surface area contributed by atoms with Gasteiger partial charge in [-0.15, -0.1) is 12.4 Å². The Balaban J connectivity index is 0.00000324. The highest BCUT2D eigenvalue weighted by molar-refractivity contribution is 5.85. The summed E-state index contributed by atoms with van der Waals surface area (Å²) >= 11 is 0. The van der Waals surface area contributed by atoms with E-state index in [0.717, 1.165) is 32.0 Å². The lowest BCUT2D eigenvalue weighted by Gasteiger charge is -2.36. The van der Waals surface area contributed by atoms with Crippen molar-refractivity contribution < 1.29 is 9.53 Å². The molecule has 0 saturated carbocycles. The molecule has 1 atom stereocenters. The number of nitrogens with one attached hydrogen (secondary N) is 1. The molecule has 0 bridgehead atoms. The van der Waals surface area contributed by atoms with E-state index in [0.29, 0.717) is 6.61 Å². The predicted octanol–water partition coefficient (Wildman–Crippen LogP) is 2.07. The van der Waals surface area contributed by atoms with Crippen LogP contribution in [0.5, 0.6) is 0 Å². The quantitative estimate of drug-likeness (QED) is 0.730. The molecule has 0 aromatic carbocycles. The van der Waals surface area contributed by atoms with Crippen molar-refractivity contribution in [2.75, 3.05) is 33.3 Å². The molecule has 1 aliphatic rings. The third kappa shape index (κ3) is 6.11. The summed E-state index contributed by atoms with van der Waals surface area (Å²) in [5, 5.41) is 3.21. The van der Waals surface area contributed by atoms with Gasteiger partial charge in [-0.05, 0) is 65.2 Å². The van der Waals surface area contributed by atoms with Gasteiger partial charge in [-0.2, -0.15) is 0 Å². The van der Waals surface area contributed by atoms with E-state index in [1.807, 2.05) is 14.0 Å². The molecule has 19 heavy (non-hydrogen) atoms. The van der Waals surface area contributed by atoms with Gasteiger partial charge in [0.2, 0.25) is 0 Å². The fourth-order valence-corrected chi connectivity index (χ4v) is 2.71. The molecule has 0 aromatic heterocycles. The first kappa shape index (κ1) is 18.7. The lowest BCUT2D eigenvalue weighted by molar-refractivity contribution is -0.150. The van der Waals surface area contributed by atoms with Crippen LogP contribution >= 0.6 is 12.4 Å². The number of likely N-dealkylation sites (tertiary alicyclic amines) is 1. The fourth-order valence-electron chi connectivity index (χ4n) is 2.71. The molecule has 1 rings (SSSR count). The van der Waals surface area contributed by atoms with Crippen LogP contribution in [0.3, 0.4) is 0 Å². The van der Waals surface area contributed by atoms with Crippen LogP contribution in [0.1, 0.15) is 39.5 Å². The molecule has 1 fully saturated rings. The third-order valence-electron chi connectivity index (χ3n) is 3.84. The Morgan fingerprint density at radius 1 is 1.37 bits per heavy atom. The zero-order chi connectivity index (χ0) is 13.4. The van der Waals surface area contributed by atoms with Crippen molar-refractivity contribution in [2.24, 2.45) is 5.92 Å². The summed E-state index contributed by atoms with van der Waals surface area (Å²) in [4.78, 5) is 14.2. The first-order valence-electron chi connectivity index (χ1n) is 7.28. The number of ether oxygens (including phenoxy) is 1. The maximum Gasteiger partial charge on any atom is 0.323 e. The average Bonchev–Trinajstić information content (AvgIpc) is 2.39. The molecule has 1 N–H and O–H groups in total. The van der Waals surface area contributed by atoms with Crippen LogP contribution in [0.4, 0.5) is 0 Å². The summed E-state index contributed by atoms with van der Waals surface area (Å²) in [6.45, 7) is 7.58. The van der Waals surface area contributed by atoms with Crippen molar-refractivity contribution in [3.05, 3.63) is 0 Å². The lowest BCUT2D eigenvalue weighted by atomic mass is 9.92. The number of carbonyl (C=O) groups is 1. The molecular formula is C14H29ClN2O2. The van der Waals surface area contributed by atoms with E-state index in [9.17, 15) is 4.79 Å². The topological polar surface area (TPSA) is 41.6 Å². The number of nitrogens with zero attached hydrogens (tertiary/aromatic N) is 1. The molecule has 0 aromatic rings. The fraction of sp³-hybridized carbons (Fsp3) is 0.929. The van der Waals surface area contributed by atoms with Gasteiger partial charge in [0.25, 0.3) is 0 Å². The molecule has 0 radical (unpaired) electrons. The van der Waals surface area contributed by atoms with Crippen molar-refractivity contribution in [1.82, 2.24) is 10.2 Å². The molecule has 4 nitrogen and oxygen atoms in total. The number of esters is 1. The van der Waals surface area contributed by atoms with Crippen molar-refractivity contribution >= 4 is 18.4 Å². The summed E-state index contributed by atoms with van der Waals surface area (Å²) in [6, 6.07) is -0.0322. The second kappa shape index (κ2) is 10.5. The van der Waals surface area contributed by atoms with E-state index in [1.165, 1.54) is 19.3 Å². The van der Waals surface area contributed by atoms with Crippen LogP contribution in [0.2, 0.25) is 0 Å². The van der Waals surface area contributed by atoms with Gasteiger partial charge in [-0.1, -0.05) is 6.92 Å². The molecule has 114 valence electrons. The minimum Gasteiger partial charge on any atom is -0.465 e. The average molecular weight is 293 g/mol. The highest BCUT2D eigenvalue weighted by Gasteiger charge is 2.29. The largest absolute Gasteiger partial charge is 0.465 e. The van der Waals surface area contributed by atoms with Gasteiger partial charge in [0, 0.05) is 0 Å². The Morgan fingerprint density at radius 3 is 2.47 bits per heavy atom. The molecule has 0 aliphatic carbocycles. The van der Waals surface area contributed by atoms with Crippen LogP contribution in [-0.4, -0.2) is 50.2 Å². The second-order valence-corrected chi connectivity index (χ2v) is 5.05. The van der Waals surface area contributed by atoms with E-state index in [2.05, 4.69) is 17.1 Å². The second-order valence-electron chi connectivity index (χ2n) is 5.05. The zero-order valence-electron chi connectivity index (χ0n) is 12.5. The molecule has 1 aliphatic heterocycles. The van der Waals surface area contributed by atoms with Crippen molar-refractivity contribution in [2.45, 2.75) is 45.6 Å². The standard InChI is InChI=1S/C14H28N2O2.ClH/c1-4-13(14(17)18-5-2)16-10-7-12(8-11-16)6-9-15-3;/h12-13,15H,4-11H2,1-3H3;1H. The maximum atomic E-state index is 11.9. The maximum absolute atomic E-state index is 11.9. The van der Waals surface area contributed by atoms with Crippen molar-refractivity contribution in [3.63, 3.8) is 0 Å². The zero-order valence-corrected chi connectivity index (χ0v) is 13.3. The van der Waals surface area contributed by atoms with Gasteiger partial charge in [-0.3, -0.25) is 9.69 Å². The number of halogens is 1. The first-order chi connectivity index (χ1) is 8.72. The van der Waals surface area contributed by atoms with Crippen LogP contribution in [0.25, 0.3) is 0 Å². The van der Waals surface area contributed by atoms with Crippen LogP contribution < -0.4 is 5.32 Å². The molecule has 0 spiro atoms. The highest BCUT2D eigenvalue weighted by atomic mass is 35.5. The van der Waals surface area contributed by atoms with Gasteiger partial charge in [0.1, 0.15) is 6.04 Å². The van der Waals surface area contributed by atoms with Gasteiger partial charge in [0.15, 0.2) is 0 Å². The van der Waals surface area contributed by atoms with Gasteiger partial charge >= 0.3 is 5.97 Å². The van der Waals surface area contributed by atoms with E-state index in [-0.39, 0.29) is 24.4 Å². The SMILES string of the molecule is CCOC(=O)C(CC)N1CCC(CCNC)CC1.Cl. The van der Waals surface area contributed by atoms with Crippen molar-refractivity contribution in [3.8, 4) is 0 Å².